The van der Waals surface area contributed by atoms with E-state index in [2.05, 4.69) is 26.3 Å². The lowest BCUT2D eigenvalue weighted by Gasteiger charge is -2.26. The fraction of sp³-hybridized carbons (Fsp3) is 0.320. The molecule has 2 heterocycles. The van der Waals surface area contributed by atoms with Crippen LogP contribution in [0.3, 0.4) is 0 Å². The number of nitrogens with one attached hydrogen (secondary N) is 1. The third-order valence-electron chi connectivity index (χ3n) is 5.74. The van der Waals surface area contributed by atoms with Gasteiger partial charge < -0.3 is 24.8 Å². The maximum atomic E-state index is 9.62. The molecule has 1 fully saturated rings. The molecule has 1 aromatic heterocycles. The monoisotopic (exact) mass is 445 g/mol. The number of ether oxygens (including phenoxy) is 2. The third-order valence-corrected chi connectivity index (χ3v) is 5.74. The molecule has 0 saturated carbocycles. The molecule has 1 aliphatic rings. The van der Waals surface area contributed by atoms with E-state index in [1.807, 2.05) is 37.3 Å². The molecule has 1 unspecified atom stereocenters. The van der Waals surface area contributed by atoms with Gasteiger partial charge in [-0.15, -0.1) is 0 Å². The summed E-state index contributed by atoms with van der Waals surface area (Å²) in [6.45, 7) is 3.44. The van der Waals surface area contributed by atoms with Crippen molar-refractivity contribution < 1.29 is 14.6 Å². The van der Waals surface area contributed by atoms with Crippen molar-refractivity contribution in [2.24, 2.45) is 0 Å². The second-order valence-electron chi connectivity index (χ2n) is 7.73. The Hall–Kier alpha value is -3.83. The van der Waals surface area contributed by atoms with Gasteiger partial charge in [-0.2, -0.15) is 5.26 Å². The number of nitrogens with zero attached hydrogens (tertiary/aromatic N) is 4. The van der Waals surface area contributed by atoms with Gasteiger partial charge in [0.2, 0.25) is 5.95 Å². The van der Waals surface area contributed by atoms with Crippen LogP contribution < -0.4 is 19.7 Å². The van der Waals surface area contributed by atoms with E-state index in [9.17, 15) is 10.4 Å². The summed E-state index contributed by atoms with van der Waals surface area (Å²) in [7, 11) is 1.63. The van der Waals surface area contributed by atoms with Crippen molar-refractivity contribution in [2.45, 2.75) is 25.8 Å². The maximum absolute atomic E-state index is 9.62. The fourth-order valence-electron chi connectivity index (χ4n) is 4.06. The maximum Gasteiger partial charge on any atom is 0.227 e. The number of benzene rings is 2. The molecule has 0 aliphatic carbocycles. The van der Waals surface area contributed by atoms with Crippen LogP contribution in [0.2, 0.25) is 0 Å². The average molecular weight is 446 g/mol. The molecule has 0 radical (unpaired) electrons. The van der Waals surface area contributed by atoms with E-state index in [1.54, 1.807) is 25.6 Å². The number of anilines is 3. The SMILES string of the molecule is CCOc1cc(-c2cnc(Nc3ccc(N4CCCC4CO)cc3OC)nc2)ccc1C#N. The van der Waals surface area contributed by atoms with Crippen LogP contribution in [0.5, 0.6) is 11.5 Å². The summed E-state index contributed by atoms with van der Waals surface area (Å²) in [6, 6.07) is 13.6. The Morgan fingerprint density at radius 1 is 1.15 bits per heavy atom. The molecular weight excluding hydrogens is 418 g/mol. The number of aliphatic hydroxyl groups excluding tert-OH is 1. The molecule has 0 spiro atoms. The highest BCUT2D eigenvalue weighted by Crippen LogP contribution is 2.34. The summed E-state index contributed by atoms with van der Waals surface area (Å²) in [5.74, 6) is 1.67. The summed E-state index contributed by atoms with van der Waals surface area (Å²) in [5.41, 5.74) is 3.96. The van der Waals surface area contributed by atoms with Crippen molar-refractivity contribution >= 4 is 17.3 Å². The molecule has 0 bridgehead atoms. The van der Waals surface area contributed by atoms with Crippen LogP contribution in [0.1, 0.15) is 25.3 Å². The predicted octanol–water partition coefficient (Wildman–Crippen LogP) is 4.13. The first-order chi connectivity index (χ1) is 16.2. The van der Waals surface area contributed by atoms with Crippen LogP contribution in [-0.4, -0.2) is 48.0 Å². The van der Waals surface area contributed by atoms with Crippen LogP contribution in [0.15, 0.2) is 48.8 Å². The van der Waals surface area contributed by atoms with Gasteiger partial charge in [0.05, 0.1) is 37.6 Å². The molecule has 2 N–H and O–H groups in total. The Morgan fingerprint density at radius 2 is 1.97 bits per heavy atom. The number of methoxy groups -OCH3 is 1. The summed E-state index contributed by atoms with van der Waals surface area (Å²) in [5, 5.41) is 22.1. The first kappa shape index (κ1) is 22.4. The lowest BCUT2D eigenvalue weighted by Crippen LogP contribution is -2.31. The molecule has 1 saturated heterocycles. The zero-order valence-corrected chi connectivity index (χ0v) is 18.8. The molecular formula is C25H27N5O3. The number of nitriles is 1. The lowest BCUT2D eigenvalue weighted by atomic mass is 10.1. The van der Waals surface area contributed by atoms with Gasteiger partial charge in [0, 0.05) is 36.3 Å². The van der Waals surface area contributed by atoms with E-state index in [-0.39, 0.29) is 12.6 Å². The molecule has 8 nitrogen and oxygen atoms in total. The Morgan fingerprint density at radius 3 is 2.67 bits per heavy atom. The van der Waals surface area contributed by atoms with Crippen molar-refractivity contribution in [3.8, 4) is 28.7 Å². The largest absolute Gasteiger partial charge is 0.494 e. The molecule has 0 amide bonds. The van der Waals surface area contributed by atoms with Crippen LogP contribution in [0.25, 0.3) is 11.1 Å². The summed E-state index contributed by atoms with van der Waals surface area (Å²) < 4.78 is 11.2. The van der Waals surface area contributed by atoms with Gasteiger partial charge in [0.15, 0.2) is 0 Å². The molecule has 8 heteroatoms. The van der Waals surface area contributed by atoms with E-state index in [1.165, 1.54) is 0 Å². The van der Waals surface area contributed by atoms with Gasteiger partial charge in [0.25, 0.3) is 0 Å². The van der Waals surface area contributed by atoms with Crippen LogP contribution in [0, 0.1) is 11.3 Å². The van der Waals surface area contributed by atoms with Gasteiger partial charge in [-0.1, -0.05) is 6.07 Å². The molecule has 1 aliphatic heterocycles. The van der Waals surface area contributed by atoms with Crippen molar-refractivity contribution in [1.29, 1.82) is 5.26 Å². The topological polar surface area (TPSA) is 104 Å². The van der Waals surface area contributed by atoms with E-state index < -0.39 is 0 Å². The molecule has 170 valence electrons. The minimum atomic E-state index is 0.147. The number of aromatic nitrogens is 2. The van der Waals surface area contributed by atoms with Crippen molar-refractivity contribution in [3.63, 3.8) is 0 Å². The van der Waals surface area contributed by atoms with E-state index >= 15 is 0 Å². The van der Waals surface area contributed by atoms with Gasteiger partial charge in [-0.3, -0.25) is 0 Å². The molecule has 4 rings (SSSR count). The molecule has 33 heavy (non-hydrogen) atoms. The third kappa shape index (κ3) is 4.83. The Labute approximate surface area is 193 Å². The highest BCUT2D eigenvalue weighted by Gasteiger charge is 2.24. The van der Waals surface area contributed by atoms with Gasteiger partial charge in [-0.25, -0.2) is 9.97 Å². The fourth-order valence-corrected chi connectivity index (χ4v) is 4.06. The van der Waals surface area contributed by atoms with Crippen LogP contribution in [0.4, 0.5) is 17.3 Å². The predicted molar refractivity (Wildman–Crippen MR) is 127 cm³/mol. The van der Waals surface area contributed by atoms with Crippen LogP contribution in [-0.2, 0) is 0 Å². The zero-order valence-electron chi connectivity index (χ0n) is 18.8. The number of rotatable bonds is 8. The normalized spacial score (nSPS) is 15.2. The van der Waals surface area contributed by atoms with E-state index in [0.717, 1.165) is 41.9 Å². The molecule has 2 aromatic carbocycles. The zero-order chi connectivity index (χ0) is 23.2. The number of hydrogen-bond donors (Lipinski definition) is 2. The van der Waals surface area contributed by atoms with Gasteiger partial charge in [0.1, 0.15) is 17.6 Å². The van der Waals surface area contributed by atoms with Gasteiger partial charge >= 0.3 is 0 Å². The second-order valence-corrected chi connectivity index (χ2v) is 7.73. The molecule has 1 atom stereocenters. The summed E-state index contributed by atoms with van der Waals surface area (Å²) in [6.07, 6.45) is 5.51. The smallest absolute Gasteiger partial charge is 0.227 e. The van der Waals surface area contributed by atoms with Gasteiger partial charge in [-0.05, 0) is 49.6 Å². The Kier molecular flexibility index (Phi) is 6.91. The first-order valence-corrected chi connectivity index (χ1v) is 11.0. The minimum absolute atomic E-state index is 0.147. The highest BCUT2D eigenvalue weighted by atomic mass is 16.5. The van der Waals surface area contributed by atoms with Crippen LogP contribution >= 0.6 is 0 Å². The summed E-state index contributed by atoms with van der Waals surface area (Å²) >= 11 is 0. The number of aliphatic hydroxyl groups is 1. The van der Waals surface area contributed by atoms with E-state index in [4.69, 9.17) is 9.47 Å². The summed E-state index contributed by atoms with van der Waals surface area (Å²) in [4.78, 5) is 11.1. The Bertz CT molecular complexity index is 1140. The minimum Gasteiger partial charge on any atom is -0.494 e. The van der Waals surface area contributed by atoms with Crippen molar-refractivity contribution in [3.05, 3.63) is 54.4 Å². The highest BCUT2D eigenvalue weighted by molar-refractivity contribution is 5.70. The molecule has 3 aromatic rings. The Balaban J connectivity index is 1.52. The standard InChI is InChI=1S/C25H27N5O3/c1-3-33-23-11-17(6-7-18(23)13-26)19-14-27-25(28-15-19)29-22-9-8-20(12-24(22)32-2)30-10-4-5-21(30)16-31/h6-9,11-12,14-15,21,31H,3-5,10,16H2,1-2H3,(H,27,28,29). The lowest BCUT2D eigenvalue weighted by molar-refractivity contribution is 0.266. The van der Waals surface area contributed by atoms with Crippen molar-refractivity contribution in [2.75, 3.05) is 37.1 Å². The number of hydrogen-bond acceptors (Lipinski definition) is 8. The quantitative estimate of drug-likeness (QED) is 0.534. The average Bonchev–Trinajstić information content (AvgIpc) is 3.34. The second kappa shape index (κ2) is 10.2. The van der Waals surface area contributed by atoms with Crippen molar-refractivity contribution in [1.82, 2.24) is 9.97 Å². The first-order valence-electron chi connectivity index (χ1n) is 11.0. The van der Waals surface area contributed by atoms with E-state index in [0.29, 0.717) is 29.6 Å².